The Morgan fingerprint density at radius 3 is 1.15 bits per heavy atom. The second kappa shape index (κ2) is 11.5. The van der Waals surface area contributed by atoms with E-state index in [1.165, 1.54) is 21.3 Å². The average molecular weight is 850 g/mol. The van der Waals surface area contributed by atoms with Gasteiger partial charge in [0.25, 0.3) is 0 Å². The fourth-order valence-corrected chi connectivity index (χ4v) is 22.3. The van der Waals surface area contributed by atoms with Gasteiger partial charge < -0.3 is 0 Å². The second-order valence-electron chi connectivity index (χ2n) is 9.78. The van der Waals surface area contributed by atoms with E-state index in [1.807, 2.05) is 36.4 Å². The summed E-state index contributed by atoms with van der Waals surface area (Å²) in [6.45, 7) is 0. The van der Waals surface area contributed by atoms with Crippen LogP contribution >= 0.6 is 47.8 Å². The molecule has 0 spiro atoms. The molecule has 3 aromatic rings. The quantitative estimate of drug-likeness (QED) is 0.256. The normalized spacial score (nSPS) is 15.9. The number of benzene rings is 3. The molecule has 7 nitrogen and oxygen atoms in total. The van der Waals surface area contributed by atoms with Crippen molar-refractivity contribution in [3.63, 3.8) is 0 Å². The molecule has 5 rings (SSSR count). The van der Waals surface area contributed by atoms with Gasteiger partial charge >= 0.3 is 262 Å². The Labute approximate surface area is 260 Å². The maximum atomic E-state index is 14.0. The monoisotopic (exact) mass is 846 g/mol. The molecular weight excluding hydrogens is 822 g/mol. The van der Waals surface area contributed by atoms with Crippen molar-refractivity contribution in [2.75, 3.05) is 21.3 Å². The zero-order valence-corrected chi connectivity index (χ0v) is 29.4. The number of carbonyl (C=O) groups excluding carboxylic acids is 2. The minimum absolute atomic E-state index is 0.306. The first kappa shape index (κ1) is 29.7. The Morgan fingerprint density at radius 2 is 0.900 bits per heavy atom. The molecule has 40 heavy (non-hydrogen) atoms. The van der Waals surface area contributed by atoms with Crippen LogP contribution in [0.4, 0.5) is 0 Å². The summed E-state index contributed by atoms with van der Waals surface area (Å²) in [4.78, 5) is 28.1. The molecule has 11 heteroatoms. The molecule has 0 unspecified atom stereocenters. The minimum atomic E-state index is -6.42. The van der Waals surface area contributed by atoms with Gasteiger partial charge in [0.05, 0.1) is 0 Å². The van der Waals surface area contributed by atoms with Gasteiger partial charge in [-0.25, -0.2) is 0 Å². The molecule has 2 aliphatic carbocycles. The van der Waals surface area contributed by atoms with Crippen molar-refractivity contribution < 1.29 is 29.8 Å². The molecule has 0 saturated heterocycles. The van der Waals surface area contributed by atoms with Crippen molar-refractivity contribution >= 4 is 88.5 Å². The zero-order chi connectivity index (χ0) is 28.7. The van der Waals surface area contributed by atoms with Gasteiger partial charge in [-0.2, -0.15) is 0 Å². The Kier molecular flexibility index (Phi) is 8.55. The van der Waals surface area contributed by atoms with E-state index in [2.05, 4.69) is 47.8 Å². The van der Waals surface area contributed by atoms with Crippen LogP contribution in [0.1, 0.15) is 25.7 Å². The predicted octanol–water partition coefficient (Wildman–Crippen LogP) is 5.32. The van der Waals surface area contributed by atoms with Crippen LogP contribution in [-0.2, 0) is 15.6 Å². The van der Waals surface area contributed by atoms with Gasteiger partial charge in [0.1, 0.15) is 0 Å². The first-order valence-corrected chi connectivity index (χ1v) is 21.0. The van der Waals surface area contributed by atoms with E-state index in [4.69, 9.17) is 20.2 Å². The summed E-state index contributed by atoms with van der Waals surface area (Å²) in [5.41, 5.74) is 0. The molecule has 0 atom stereocenters. The number of hydrogen-bond acceptors (Lipinski definition) is 7. The van der Waals surface area contributed by atoms with Gasteiger partial charge in [-0.15, -0.1) is 0 Å². The predicted molar refractivity (Wildman–Crippen MR) is 164 cm³/mol. The van der Waals surface area contributed by atoms with Crippen LogP contribution in [-0.4, -0.2) is 51.5 Å². The van der Waals surface area contributed by atoms with Gasteiger partial charge in [0.15, 0.2) is 0 Å². The summed E-state index contributed by atoms with van der Waals surface area (Å²) in [6, 6.07) is 16.3. The molecule has 3 aromatic carbocycles. The van der Waals surface area contributed by atoms with E-state index < -0.39 is 30.2 Å². The Balaban J connectivity index is 2.08. The maximum absolute atomic E-state index is 14.0. The van der Waals surface area contributed by atoms with Gasteiger partial charge in [0, 0.05) is 0 Å². The molecule has 2 fully saturated rings. The van der Waals surface area contributed by atoms with Crippen molar-refractivity contribution in [1.29, 1.82) is 0 Å². The molecule has 0 heterocycles. The molecule has 2 aliphatic rings. The van der Waals surface area contributed by atoms with Crippen LogP contribution in [0.25, 0.3) is 0 Å². The Hall–Kier alpha value is -1.74. The summed E-state index contributed by atoms with van der Waals surface area (Å²) >= 11 is 4.43. The van der Waals surface area contributed by atoms with Crippen LogP contribution in [0, 0.1) is 11.8 Å². The van der Waals surface area contributed by atoms with Crippen molar-refractivity contribution in [2.24, 2.45) is 11.8 Å². The number of rotatable bonds is 10. The number of carbonyl (C=O) groups is 2. The third-order valence-corrected chi connectivity index (χ3v) is 22.1. The standard InChI is InChI=1S/3C7H6BrO.2C4H6O2.Sb/c3*1-9-7-4-2-6(8)3-5-7;2*5-4(6)3-1-2-3;/h3*2-4H,1H3;2*3H,1-2H2,(H,5,6);/q;;;;;+2/p-2. The molecule has 0 radical (unpaired) electrons. The van der Waals surface area contributed by atoms with Crippen LogP contribution in [0.2, 0.25) is 0 Å². The van der Waals surface area contributed by atoms with E-state index in [0.717, 1.165) is 0 Å². The van der Waals surface area contributed by atoms with Crippen molar-refractivity contribution in [2.45, 2.75) is 25.7 Å². The van der Waals surface area contributed by atoms with E-state index in [0.29, 0.717) is 66.9 Å². The molecule has 0 aromatic heterocycles. The fourth-order valence-electron chi connectivity index (χ4n) is 4.78. The van der Waals surface area contributed by atoms with Crippen LogP contribution in [0.5, 0.6) is 17.2 Å². The zero-order valence-electron chi connectivity index (χ0n) is 22.1. The van der Waals surface area contributed by atoms with Crippen LogP contribution in [0.3, 0.4) is 0 Å². The van der Waals surface area contributed by atoms with E-state index in [1.54, 1.807) is 18.2 Å². The number of hydrogen-bond donors (Lipinski definition) is 0. The molecular formula is C29H28Br3O7Sb. The second-order valence-corrected chi connectivity index (χ2v) is 23.2. The first-order chi connectivity index (χ1) is 19.2. The SMILES string of the molecule is COc1ccc(Br)c[c]1[Sb]([O]C(=O)C1CC1)([O]C(=O)C1CC1)([c]1cc(Br)ccc1OC)[c]1cc(Br)ccc1OC. The summed E-state index contributed by atoms with van der Waals surface area (Å²) in [6.07, 6.45) is 2.78. The van der Waals surface area contributed by atoms with Crippen LogP contribution < -0.4 is 24.7 Å². The Bertz CT molecular complexity index is 1320. The van der Waals surface area contributed by atoms with Crippen molar-refractivity contribution in [3.8, 4) is 17.2 Å². The van der Waals surface area contributed by atoms with Crippen molar-refractivity contribution in [1.82, 2.24) is 0 Å². The van der Waals surface area contributed by atoms with E-state index >= 15 is 0 Å². The van der Waals surface area contributed by atoms with Gasteiger partial charge in [-0.1, -0.05) is 0 Å². The molecule has 0 N–H and O–H groups in total. The van der Waals surface area contributed by atoms with Gasteiger partial charge in [0.2, 0.25) is 0 Å². The molecule has 0 amide bonds. The number of halogens is 3. The topological polar surface area (TPSA) is 80.3 Å². The fraction of sp³-hybridized carbons (Fsp3) is 0.310. The molecule has 0 aliphatic heterocycles. The van der Waals surface area contributed by atoms with Crippen LogP contribution in [0.15, 0.2) is 68.0 Å². The molecule has 2 saturated carbocycles. The van der Waals surface area contributed by atoms with Gasteiger partial charge in [-0.05, 0) is 0 Å². The third-order valence-electron chi connectivity index (χ3n) is 7.09. The first-order valence-electron chi connectivity index (χ1n) is 12.7. The van der Waals surface area contributed by atoms with Gasteiger partial charge in [-0.3, -0.25) is 0 Å². The third kappa shape index (κ3) is 5.18. The summed E-state index contributed by atoms with van der Waals surface area (Å²) in [5, 5.41) is 0. The summed E-state index contributed by atoms with van der Waals surface area (Å²) in [7, 11) is 4.62. The summed E-state index contributed by atoms with van der Waals surface area (Å²) in [5.74, 6) is -0.267. The average Bonchev–Trinajstić information content (AvgIpc) is 3.85. The number of ether oxygens (including phenoxy) is 3. The molecule has 0 bridgehead atoms. The van der Waals surface area contributed by atoms with E-state index in [-0.39, 0.29) is 11.8 Å². The Morgan fingerprint density at radius 1 is 0.600 bits per heavy atom. The number of methoxy groups -OCH3 is 3. The van der Waals surface area contributed by atoms with E-state index in [9.17, 15) is 9.59 Å². The van der Waals surface area contributed by atoms with Crippen molar-refractivity contribution in [3.05, 3.63) is 68.0 Å². The summed E-state index contributed by atoms with van der Waals surface area (Å²) < 4.78 is 35.2. The molecule has 212 valence electrons.